The minimum atomic E-state index is -0.379. The number of likely N-dealkylation sites (N-methyl/N-ethyl adjacent to an activating group) is 1. The minimum Gasteiger partial charge on any atom is -0.363 e. The van der Waals surface area contributed by atoms with Crippen LogP contribution in [0, 0.1) is 10.1 Å². The van der Waals surface area contributed by atoms with Crippen molar-refractivity contribution in [3.05, 3.63) is 69.3 Å². The molecule has 1 saturated heterocycles. The lowest BCUT2D eigenvalue weighted by atomic mass is 9.99. The second-order valence-corrected chi connectivity index (χ2v) is 7.50. The van der Waals surface area contributed by atoms with E-state index in [0.717, 1.165) is 38.2 Å². The third-order valence-corrected chi connectivity index (χ3v) is 5.68. The van der Waals surface area contributed by atoms with E-state index in [0.29, 0.717) is 24.3 Å². The zero-order valence-electron chi connectivity index (χ0n) is 16.0. The van der Waals surface area contributed by atoms with Gasteiger partial charge in [-0.3, -0.25) is 14.9 Å². The maximum absolute atomic E-state index is 13.0. The molecule has 0 N–H and O–H groups in total. The molecule has 0 bridgehead atoms. The Bertz CT molecular complexity index is 906. The highest BCUT2D eigenvalue weighted by Crippen LogP contribution is 2.31. The zero-order chi connectivity index (χ0) is 19.7. The van der Waals surface area contributed by atoms with Gasteiger partial charge in [0, 0.05) is 50.9 Å². The average Bonchev–Trinajstić information content (AvgIpc) is 2.73. The van der Waals surface area contributed by atoms with Crippen LogP contribution in [0.15, 0.2) is 42.5 Å². The molecular weight excluding hydrogens is 356 g/mol. The summed E-state index contributed by atoms with van der Waals surface area (Å²) >= 11 is 0. The van der Waals surface area contributed by atoms with Crippen molar-refractivity contribution in [1.29, 1.82) is 0 Å². The van der Waals surface area contributed by atoms with Crippen molar-refractivity contribution in [2.45, 2.75) is 13.0 Å². The predicted octanol–water partition coefficient (Wildman–Crippen LogP) is 2.55. The molecule has 0 unspecified atom stereocenters. The summed E-state index contributed by atoms with van der Waals surface area (Å²) in [4.78, 5) is 30.3. The van der Waals surface area contributed by atoms with Crippen LogP contribution in [0.3, 0.4) is 0 Å². The van der Waals surface area contributed by atoms with Gasteiger partial charge in [-0.1, -0.05) is 24.3 Å². The summed E-state index contributed by atoms with van der Waals surface area (Å²) < 4.78 is 0. The number of anilines is 1. The fourth-order valence-corrected chi connectivity index (χ4v) is 3.97. The first kappa shape index (κ1) is 18.4. The second kappa shape index (κ2) is 7.59. The molecular formula is C21H24N4O3. The number of hydrogen-bond donors (Lipinski definition) is 0. The van der Waals surface area contributed by atoms with E-state index >= 15 is 0 Å². The third-order valence-electron chi connectivity index (χ3n) is 5.68. The van der Waals surface area contributed by atoms with Gasteiger partial charge in [0.25, 0.3) is 11.6 Å². The summed E-state index contributed by atoms with van der Waals surface area (Å²) in [6.07, 6.45) is 0.809. The number of carbonyl (C=O) groups excluding carboxylic acids is 1. The van der Waals surface area contributed by atoms with Crippen molar-refractivity contribution in [1.82, 2.24) is 9.80 Å². The number of nitro benzene ring substituents is 1. The lowest BCUT2D eigenvalue weighted by Gasteiger charge is -2.33. The Morgan fingerprint density at radius 2 is 1.71 bits per heavy atom. The molecule has 1 amide bonds. The van der Waals surface area contributed by atoms with Gasteiger partial charge in [-0.15, -0.1) is 0 Å². The van der Waals surface area contributed by atoms with Gasteiger partial charge < -0.3 is 14.7 Å². The van der Waals surface area contributed by atoms with E-state index < -0.39 is 0 Å². The minimum absolute atomic E-state index is 0.00723. The number of hydrogen-bond acceptors (Lipinski definition) is 5. The molecule has 28 heavy (non-hydrogen) atoms. The van der Waals surface area contributed by atoms with Gasteiger partial charge in [0.05, 0.1) is 4.92 Å². The first-order valence-electron chi connectivity index (χ1n) is 9.61. The summed E-state index contributed by atoms with van der Waals surface area (Å²) in [6, 6.07) is 13.0. The molecule has 0 aromatic heterocycles. The van der Waals surface area contributed by atoms with Crippen LogP contribution in [0.4, 0.5) is 11.4 Å². The number of rotatable bonds is 3. The van der Waals surface area contributed by atoms with Gasteiger partial charge in [-0.05, 0) is 36.7 Å². The molecule has 2 aliphatic heterocycles. The molecule has 2 aromatic carbocycles. The summed E-state index contributed by atoms with van der Waals surface area (Å²) in [5, 5.41) is 11.7. The highest BCUT2D eigenvalue weighted by Gasteiger charge is 2.27. The van der Waals surface area contributed by atoms with E-state index in [1.54, 1.807) is 17.0 Å². The molecule has 2 aromatic rings. The molecule has 2 aliphatic rings. The number of fused-ring (bicyclic) bond motifs is 1. The Kier molecular flexibility index (Phi) is 5.00. The quantitative estimate of drug-likeness (QED) is 0.605. The van der Waals surface area contributed by atoms with E-state index in [1.165, 1.54) is 11.6 Å². The molecule has 0 spiro atoms. The topological polar surface area (TPSA) is 69.9 Å². The first-order chi connectivity index (χ1) is 13.5. The molecule has 0 aliphatic carbocycles. The van der Waals surface area contributed by atoms with Crippen molar-refractivity contribution in [3.8, 4) is 0 Å². The highest BCUT2D eigenvalue weighted by molar-refractivity contribution is 5.96. The number of nitro groups is 1. The average molecular weight is 380 g/mol. The van der Waals surface area contributed by atoms with Crippen molar-refractivity contribution < 1.29 is 9.72 Å². The summed E-state index contributed by atoms with van der Waals surface area (Å²) in [5.41, 5.74) is 3.39. The Morgan fingerprint density at radius 1 is 1.00 bits per heavy atom. The third kappa shape index (κ3) is 3.57. The van der Waals surface area contributed by atoms with Crippen LogP contribution in [-0.2, 0) is 13.0 Å². The molecule has 146 valence electrons. The predicted molar refractivity (Wildman–Crippen MR) is 108 cm³/mol. The van der Waals surface area contributed by atoms with Gasteiger partial charge >= 0.3 is 0 Å². The van der Waals surface area contributed by atoms with Crippen LogP contribution in [-0.4, -0.2) is 60.4 Å². The molecule has 1 fully saturated rings. The summed E-state index contributed by atoms with van der Waals surface area (Å²) in [5.74, 6) is -0.150. The van der Waals surface area contributed by atoms with Crippen molar-refractivity contribution in [2.24, 2.45) is 0 Å². The van der Waals surface area contributed by atoms with Crippen molar-refractivity contribution in [2.75, 3.05) is 44.7 Å². The van der Waals surface area contributed by atoms with E-state index in [4.69, 9.17) is 0 Å². The molecule has 0 atom stereocenters. The van der Waals surface area contributed by atoms with Crippen LogP contribution in [0.5, 0.6) is 0 Å². The van der Waals surface area contributed by atoms with Gasteiger partial charge in [0.15, 0.2) is 0 Å². The van der Waals surface area contributed by atoms with E-state index in [1.807, 2.05) is 30.1 Å². The Morgan fingerprint density at radius 3 is 2.43 bits per heavy atom. The monoisotopic (exact) mass is 380 g/mol. The Hall–Kier alpha value is -2.93. The van der Waals surface area contributed by atoms with Gasteiger partial charge in [-0.2, -0.15) is 0 Å². The molecule has 7 nitrogen and oxygen atoms in total. The number of nitrogens with zero attached hydrogens (tertiary/aromatic N) is 4. The molecule has 0 radical (unpaired) electrons. The van der Waals surface area contributed by atoms with Gasteiger partial charge in [0.1, 0.15) is 5.69 Å². The lowest BCUT2D eigenvalue weighted by molar-refractivity contribution is -0.384. The van der Waals surface area contributed by atoms with Crippen LogP contribution < -0.4 is 4.90 Å². The van der Waals surface area contributed by atoms with Crippen LogP contribution in [0.25, 0.3) is 0 Å². The number of carbonyl (C=O) groups is 1. The maximum atomic E-state index is 13.0. The zero-order valence-corrected chi connectivity index (χ0v) is 16.0. The number of benzene rings is 2. The van der Waals surface area contributed by atoms with Crippen molar-refractivity contribution in [3.63, 3.8) is 0 Å². The molecule has 2 heterocycles. The molecule has 0 saturated carbocycles. The van der Waals surface area contributed by atoms with Gasteiger partial charge in [-0.25, -0.2) is 0 Å². The molecule has 7 heteroatoms. The maximum Gasteiger partial charge on any atom is 0.293 e. The first-order valence-corrected chi connectivity index (χ1v) is 9.61. The fourth-order valence-electron chi connectivity index (χ4n) is 3.97. The van der Waals surface area contributed by atoms with Crippen LogP contribution >= 0.6 is 0 Å². The highest BCUT2D eigenvalue weighted by atomic mass is 16.6. The SMILES string of the molecule is CN1CCN(c2ccc(C(=O)N3CCc4ccccc4C3)cc2[N+](=O)[O-])CC1. The van der Waals surface area contributed by atoms with Crippen LogP contribution in [0.1, 0.15) is 21.5 Å². The van der Waals surface area contributed by atoms with E-state index in [-0.39, 0.29) is 16.5 Å². The lowest BCUT2D eigenvalue weighted by Crippen LogP contribution is -2.44. The Balaban J connectivity index is 1.57. The van der Waals surface area contributed by atoms with Crippen molar-refractivity contribution >= 4 is 17.3 Å². The largest absolute Gasteiger partial charge is 0.363 e. The summed E-state index contributed by atoms with van der Waals surface area (Å²) in [6.45, 7) is 4.39. The van der Waals surface area contributed by atoms with Gasteiger partial charge in [0.2, 0.25) is 0 Å². The van der Waals surface area contributed by atoms with E-state index in [9.17, 15) is 14.9 Å². The number of piperazine rings is 1. The summed E-state index contributed by atoms with van der Waals surface area (Å²) in [7, 11) is 2.05. The van der Waals surface area contributed by atoms with E-state index in [2.05, 4.69) is 11.0 Å². The standard InChI is InChI=1S/C21H24N4O3/c1-22-10-12-23(13-11-22)19-7-6-17(14-20(19)25(27)28)21(26)24-9-8-16-4-2-3-5-18(16)15-24/h2-7,14H,8-13,15H2,1H3. The normalized spacial score (nSPS) is 17.3. The smallest absolute Gasteiger partial charge is 0.293 e. The number of amides is 1. The Labute approximate surface area is 164 Å². The van der Waals surface area contributed by atoms with Crippen LogP contribution in [0.2, 0.25) is 0 Å². The second-order valence-electron chi connectivity index (χ2n) is 7.50. The fraction of sp³-hybridized carbons (Fsp3) is 0.381. The molecule has 4 rings (SSSR count).